The average Bonchev–Trinajstić information content (AvgIpc) is 2.81. The Bertz CT molecular complexity index is 338. The molecule has 0 radical (unpaired) electrons. The van der Waals surface area contributed by atoms with E-state index in [0.717, 1.165) is 25.9 Å². The van der Waals surface area contributed by atoms with Gasteiger partial charge in [0.05, 0.1) is 6.26 Å². The first-order valence-corrected chi connectivity index (χ1v) is 5.67. The average molecular weight is 222 g/mol. The number of hydrogen-bond acceptors (Lipinski definition) is 3. The molecule has 88 valence electrons. The number of furan rings is 1. The Morgan fingerprint density at radius 2 is 2.12 bits per heavy atom. The number of piperidine rings is 1. The van der Waals surface area contributed by atoms with E-state index in [2.05, 4.69) is 19.0 Å². The van der Waals surface area contributed by atoms with E-state index >= 15 is 0 Å². The molecule has 2 heterocycles. The summed E-state index contributed by atoms with van der Waals surface area (Å²) in [5, 5.41) is 0. The number of carbonyl (C=O) groups excluding carboxylic acids is 1. The van der Waals surface area contributed by atoms with Crippen molar-refractivity contribution >= 4 is 5.91 Å². The van der Waals surface area contributed by atoms with Crippen LogP contribution in [0.4, 0.5) is 0 Å². The number of carbonyl (C=O) groups is 1. The van der Waals surface area contributed by atoms with Crippen molar-refractivity contribution in [3.63, 3.8) is 0 Å². The molecule has 1 aromatic heterocycles. The normalized spacial score (nSPS) is 18.1. The summed E-state index contributed by atoms with van der Waals surface area (Å²) in [5.41, 5.74) is 0. The number of hydrogen-bond donors (Lipinski definition) is 0. The van der Waals surface area contributed by atoms with Gasteiger partial charge in [0.1, 0.15) is 0 Å². The molecule has 2 rings (SSSR count). The maximum atomic E-state index is 12.0. The molecule has 16 heavy (non-hydrogen) atoms. The molecule has 1 amide bonds. The molecule has 1 aliphatic rings. The van der Waals surface area contributed by atoms with Crippen LogP contribution in [0.25, 0.3) is 0 Å². The fourth-order valence-corrected chi connectivity index (χ4v) is 2.14. The number of likely N-dealkylation sites (tertiary alicyclic amines) is 1. The fourth-order valence-electron chi connectivity index (χ4n) is 2.14. The molecule has 0 N–H and O–H groups in total. The van der Waals surface area contributed by atoms with Crippen molar-refractivity contribution in [1.29, 1.82) is 0 Å². The molecule has 0 aliphatic carbocycles. The van der Waals surface area contributed by atoms with Gasteiger partial charge in [-0.05, 0) is 39.1 Å². The third-order valence-corrected chi connectivity index (χ3v) is 3.21. The van der Waals surface area contributed by atoms with Gasteiger partial charge in [0.2, 0.25) is 0 Å². The second-order valence-corrected chi connectivity index (χ2v) is 4.46. The van der Waals surface area contributed by atoms with Crippen LogP contribution in [0.5, 0.6) is 0 Å². The minimum atomic E-state index is 0.0159. The Morgan fingerprint density at radius 1 is 1.44 bits per heavy atom. The molecule has 1 aromatic rings. The molecule has 1 fully saturated rings. The van der Waals surface area contributed by atoms with Crippen molar-refractivity contribution in [2.75, 3.05) is 27.2 Å². The Balaban J connectivity index is 1.92. The van der Waals surface area contributed by atoms with E-state index < -0.39 is 0 Å². The van der Waals surface area contributed by atoms with Gasteiger partial charge in [-0.3, -0.25) is 4.79 Å². The molecule has 0 spiro atoms. The van der Waals surface area contributed by atoms with Crippen molar-refractivity contribution in [3.8, 4) is 0 Å². The summed E-state index contributed by atoms with van der Waals surface area (Å²) in [6, 6.07) is 4.07. The highest BCUT2D eigenvalue weighted by atomic mass is 16.3. The minimum Gasteiger partial charge on any atom is -0.459 e. The van der Waals surface area contributed by atoms with Crippen molar-refractivity contribution < 1.29 is 9.21 Å². The standard InChI is InChI=1S/C12H18N2O2/c1-13(2)10-5-7-14(8-6-10)12(15)11-4-3-9-16-11/h3-4,9-10H,5-8H2,1-2H3. The predicted octanol–water partition coefficient (Wildman–Crippen LogP) is 1.45. The molecular formula is C12H18N2O2. The molecule has 4 nitrogen and oxygen atoms in total. The van der Waals surface area contributed by atoms with Crippen LogP contribution in [0, 0.1) is 0 Å². The highest BCUT2D eigenvalue weighted by Crippen LogP contribution is 2.16. The van der Waals surface area contributed by atoms with E-state index in [1.165, 1.54) is 0 Å². The van der Waals surface area contributed by atoms with E-state index in [4.69, 9.17) is 4.42 Å². The maximum absolute atomic E-state index is 12.0. The van der Waals surface area contributed by atoms with Gasteiger partial charge in [0, 0.05) is 19.1 Å². The van der Waals surface area contributed by atoms with E-state index in [0.29, 0.717) is 11.8 Å². The van der Waals surface area contributed by atoms with Gasteiger partial charge in [-0.15, -0.1) is 0 Å². The summed E-state index contributed by atoms with van der Waals surface area (Å²) >= 11 is 0. The van der Waals surface area contributed by atoms with Gasteiger partial charge in [-0.25, -0.2) is 0 Å². The first-order chi connectivity index (χ1) is 7.68. The van der Waals surface area contributed by atoms with Crippen LogP contribution >= 0.6 is 0 Å². The quantitative estimate of drug-likeness (QED) is 0.760. The van der Waals surface area contributed by atoms with Crippen molar-refractivity contribution in [1.82, 2.24) is 9.80 Å². The molecular weight excluding hydrogens is 204 g/mol. The van der Waals surface area contributed by atoms with Crippen LogP contribution < -0.4 is 0 Å². The summed E-state index contributed by atoms with van der Waals surface area (Å²) in [4.78, 5) is 16.1. The van der Waals surface area contributed by atoms with E-state index in [-0.39, 0.29) is 5.91 Å². The van der Waals surface area contributed by atoms with Crippen LogP contribution in [-0.2, 0) is 0 Å². The summed E-state index contributed by atoms with van der Waals surface area (Å²) in [5.74, 6) is 0.463. The van der Waals surface area contributed by atoms with Gasteiger partial charge >= 0.3 is 0 Å². The Hall–Kier alpha value is -1.29. The second kappa shape index (κ2) is 4.70. The van der Waals surface area contributed by atoms with Gasteiger partial charge in [0.25, 0.3) is 5.91 Å². The molecule has 1 aliphatic heterocycles. The lowest BCUT2D eigenvalue weighted by molar-refractivity contribution is 0.0632. The summed E-state index contributed by atoms with van der Waals surface area (Å²) in [6.07, 6.45) is 3.62. The second-order valence-electron chi connectivity index (χ2n) is 4.46. The van der Waals surface area contributed by atoms with Crippen LogP contribution in [0.3, 0.4) is 0 Å². The highest BCUT2D eigenvalue weighted by Gasteiger charge is 2.25. The highest BCUT2D eigenvalue weighted by molar-refractivity contribution is 5.91. The minimum absolute atomic E-state index is 0.0159. The van der Waals surface area contributed by atoms with Crippen LogP contribution in [0.2, 0.25) is 0 Å². The van der Waals surface area contributed by atoms with Crippen molar-refractivity contribution in [2.24, 2.45) is 0 Å². The molecule has 1 saturated heterocycles. The summed E-state index contributed by atoms with van der Waals surface area (Å²) in [6.45, 7) is 1.64. The van der Waals surface area contributed by atoms with Gasteiger partial charge in [-0.1, -0.05) is 0 Å². The molecule has 0 atom stereocenters. The summed E-state index contributed by atoms with van der Waals surface area (Å²) < 4.78 is 5.12. The first-order valence-electron chi connectivity index (χ1n) is 5.67. The zero-order valence-corrected chi connectivity index (χ0v) is 9.85. The third-order valence-electron chi connectivity index (χ3n) is 3.21. The Kier molecular flexibility index (Phi) is 3.29. The molecule has 0 bridgehead atoms. The lowest BCUT2D eigenvalue weighted by Crippen LogP contribution is -2.44. The van der Waals surface area contributed by atoms with Crippen LogP contribution in [0.1, 0.15) is 23.4 Å². The smallest absolute Gasteiger partial charge is 0.289 e. The third kappa shape index (κ3) is 2.27. The lowest BCUT2D eigenvalue weighted by Gasteiger charge is -2.34. The Morgan fingerprint density at radius 3 is 2.62 bits per heavy atom. The van der Waals surface area contributed by atoms with Gasteiger partial charge < -0.3 is 14.2 Å². The van der Waals surface area contributed by atoms with Crippen molar-refractivity contribution in [3.05, 3.63) is 24.2 Å². The number of rotatable bonds is 2. The molecule has 0 aromatic carbocycles. The van der Waals surface area contributed by atoms with E-state index in [1.54, 1.807) is 18.4 Å². The monoisotopic (exact) mass is 222 g/mol. The molecule has 4 heteroatoms. The van der Waals surface area contributed by atoms with E-state index in [9.17, 15) is 4.79 Å². The van der Waals surface area contributed by atoms with Crippen LogP contribution in [0.15, 0.2) is 22.8 Å². The summed E-state index contributed by atoms with van der Waals surface area (Å²) in [7, 11) is 4.18. The van der Waals surface area contributed by atoms with Crippen molar-refractivity contribution in [2.45, 2.75) is 18.9 Å². The number of amides is 1. The Labute approximate surface area is 95.8 Å². The zero-order chi connectivity index (χ0) is 11.5. The fraction of sp³-hybridized carbons (Fsp3) is 0.583. The van der Waals surface area contributed by atoms with E-state index in [1.807, 2.05) is 4.90 Å². The SMILES string of the molecule is CN(C)C1CCN(C(=O)c2ccco2)CC1. The number of nitrogens with zero attached hydrogens (tertiary/aromatic N) is 2. The largest absolute Gasteiger partial charge is 0.459 e. The van der Waals surface area contributed by atoms with Crippen LogP contribution in [-0.4, -0.2) is 48.9 Å². The molecule has 0 unspecified atom stereocenters. The molecule has 0 saturated carbocycles. The first kappa shape index (κ1) is 11.2. The topological polar surface area (TPSA) is 36.7 Å². The van der Waals surface area contributed by atoms with Gasteiger partial charge in [-0.2, -0.15) is 0 Å². The predicted molar refractivity (Wildman–Crippen MR) is 61.3 cm³/mol. The van der Waals surface area contributed by atoms with Gasteiger partial charge in [0.15, 0.2) is 5.76 Å². The lowest BCUT2D eigenvalue weighted by atomic mass is 10.0. The zero-order valence-electron chi connectivity index (χ0n) is 9.85. The maximum Gasteiger partial charge on any atom is 0.289 e.